The normalized spacial score (nSPS) is 11.2. The van der Waals surface area contributed by atoms with Crippen LogP contribution in [0.5, 0.6) is 0 Å². The molecule has 0 aliphatic heterocycles. The summed E-state index contributed by atoms with van der Waals surface area (Å²) in [6.07, 6.45) is 0. The third-order valence-corrected chi connectivity index (χ3v) is 6.23. The van der Waals surface area contributed by atoms with Crippen LogP contribution in [0.1, 0.15) is 0 Å². The Morgan fingerprint density at radius 1 is 0.455 bits per heavy atom. The Bertz CT molecular complexity index is 1650. The van der Waals surface area contributed by atoms with E-state index in [1.54, 1.807) is 0 Å². The molecule has 0 bridgehead atoms. The number of fused-ring (bicyclic) bond motifs is 3. The summed E-state index contributed by atoms with van der Waals surface area (Å²) in [7, 11) is 0. The van der Waals surface area contributed by atoms with Gasteiger partial charge in [0.1, 0.15) is 0 Å². The van der Waals surface area contributed by atoms with Crippen molar-refractivity contribution in [3.63, 3.8) is 0 Å². The molecule has 6 aromatic rings. The third-order valence-electron chi connectivity index (χ3n) is 6.23. The minimum absolute atomic E-state index is 0.00406. The first-order chi connectivity index (χ1) is 16.3. The number of hydrogen-bond donors (Lipinski definition) is 0. The van der Waals surface area contributed by atoms with Crippen LogP contribution in [-0.4, -0.2) is 4.57 Å². The van der Waals surface area contributed by atoms with Crippen molar-refractivity contribution >= 4 is 21.7 Å². The minimum Gasteiger partial charge on any atom is -0.276 e. The lowest BCUT2D eigenvalue weighted by Crippen LogP contribution is -2.19. The molecular weight excluding hydrogens is 402 g/mol. The van der Waals surface area contributed by atoms with Crippen molar-refractivity contribution in [2.24, 2.45) is 0 Å². The summed E-state index contributed by atoms with van der Waals surface area (Å²) in [6.45, 7) is 0. The van der Waals surface area contributed by atoms with Crippen LogP contribution in [0.25, 0.3) is 49.6 Å². The molecule has 2 heteroatoms. The predicted molar refractivity (Wildman–Crippen MR) is 138 cm³/mol. The first-order valence-corrected chi connectivity index (χ1v) is 11.1. The molecule has 1 aromatic heterocycles. The molecule has 0 atom stereocenters. The first kappa shape index (κ1) is 19.3. The monoisotopic (exact) mass is 423 g/mol. The lowest BCUT2D eigenvalue weighted by atomic mass is 9.96. The second-order valence-electron chi connectivity index (χ2n) is 8.16. The Morgan fingerprint density at radius 3 is 1.76 bits per heavy atom. The standard InChI is InChI=1S/C31H21NO/c33-31-30-26(24-12-5-2-6-13-24)15-9-16-28(30)27-14-7-8-17-29(27)32(31)25-20-18-23(19-21-25)22-10-3-1-4-11-22/h1-21H. The van der Waals surface area contributed by atoms with Gasteiger partial charge in [0.15, 0.2) is 0 Å². The summed E-state index contributed by atoms with van der Waals surface area (Å²) < 4.78 is 1.85. The number of pyridine rings is 1. The van der Waals surface area contributed by atoms with Gasteiger partial charge in [-0.25, -0.2) is 0 Å². The number of nitrogens with zero attached hydrogens (tertiary/aromatic N) is 1. The average Bonchev–Trinajstić information content (AvgIpc) is 2.90. The summed E-state index contributed by atoms with van der Waals surface area (Å²) in [5.41, 5.74) is 6.05. The quantitative estimate of drug-likeness (QED) is 0.271. The first-order valence-electron chi connectivity index (χ1n) is 11.1. The summed E-state index contributed by atoms with van der Waals surface area (Å²) in [6, 6.07) is 42.9. The zero-order valence-electron chi connectivity index (χ0n) is 18.0. The van der Waals surface area contributed by atoms with Crippen molar-refractivity contribution in [2.45, 2.75) is 0 Å². The highest BCUT2D eigenvalue weighted by molar-refractivity contribution is 6.10. The Balaban J connectivity index is 1.65. The second-order valence-corrected chi connectivity index (χ2v) is 8.16. The van der Waals surface area contributed by atoms with E-state index in [0.717, 1.165) is 49.6 Å². The maximum Gasteiger partial charge on any atom is 0.264 e. The number of rotatable bonds is 3. The van der Waals surface area contributed by atoms with Gasteiger partial charge >= 0.3 is 0 Å². The summed E-state index contributed by atoms with van der Waals surface area (Å²) in [5.74, 6) is 0. The topological polar surface area (TPSA) is 22.0 Å². The molecule has 5 aromatic carbocycles. The number of hydrogen-bond acceptors (Lipinski definition) is 1. The van der Waals surface area contributed by atoms with E-state index in [1.807, 2.05) is 89.5 Å². The van der Waals surface area contributed by atoms with Crippen LogP contribution in [0.2, 0.25) is 0 Å². The van der Waals surface area contributed by atoms with Crippen molar-refractivity contribution in [1.29, 1.82) is 0 Å². The van der Waals surface area contributed by atoms with E-state index in [9.17, 15) is 4.79 Å². The van der Waals surface area contributed by atoms with Crippen LogP contribution >= 0.6 is 0 Å². The zero-order chi connectivity index (χ0) is 22.2. The van der Waals surface area contributed by atoms with E-state index in [-0.39, 0.29) is 5.56 Å². The highest BCUT2D eigenvalue weighted by atomic mass is 16.1. The van der Waals surface area contributed by atoms with Gasteiger partial charge in [0, 0.05) is 11.1 Å². The van der Waals surface area contributed by atoms with E-state index in [1.165, 1.54) is 0 Å². The van der Waals surface area contributed by atoms with E-state index >= 15 is 0 Å². The Kier molecular flexibility index (Phi) is 4.63. The SMILES string of the molecule is O=c1c2c(-c3ccccc3)cccc2c2ccccc2n1-c1ccc(-c2ccccc2)cc1. The Morgan fingerprint density at radius 2 is 1.03 bits per heavy atom. The van der Waals surface area contributed by atoms with Crippen LogP contribution in [0, 0.1) is 0 Å². The molecular formula is C31H21NO. The number of benzene rings is 5. The van der Waals surface area contributed by atoms with Gasteiger partial charge in [-0.15, -0.1) is 0 Å². The highest BCUT2D eigenvalue weighted by Gasteiger charge is 2.15. The van der Waals surface area contributed by atoms with Crippen LogP contribution < -0.4 is 5.56 Å². The van der Waals surface area contributed by atoms with Crippen LogP contribution in [0.3, 0.4) is 0 Å². The second kappa shape index (κ2) is 7.92. The van der Waals surface area contributed by atoms with Gasteiger partial charge in [-0.2, -0.15) is 0 Å². The van der Waals surface area contributed by atoms with Gasteiger partial charge in [0.25, 0.3) is 5.56 Å². The predicted octanol–water partition coefficient (Wildman–Crippen LogP) is 7.48. The minimum atomic E-state index is -0.00406. The van der Waals surface area contributed by atoms with Gasteiger partial charge < -0.3 is 0 Å². The van der Waals surface area contributed by atoms with Gasteiger partial charge in [-0.05, 0) is 45.8 Å². The van der Waals surface area contributed by atoms with Crippen LogP contribution in [0.4, 0.5) is 0 Å². The molecule has 0 aliphatic carbocycles. The van der Waals surface area contributed by atoms with Crippen molar-refractivity contribution in [1.82, 2.24) is 4.57 Å². The smallest absolute Gasteiger partial charge is 0.264 e. The molecule has 156 valence electrons. The van der Waals surface area contributed by atoms with Crippen molar-refractivity contribution in [3.05, 3.63) is 138 Å². The fourth-order valence-corrected chi connectivity index (χ4v) is 4.67. The fraction of sp³-hybridized carbons (Fsp3) is 0. The van der Waals surface area contributed by atoms with E-state index in [4.69, 9.17) is 0 Å². The Labute approximate surface area is 192 Å². The molecule has 0 fully saturated rings. The zero-order valence-corrected chi connectivity index (χ0v) is 18.0. The number of aromatic nitrogens is 1. The third kappa shape index (κ3) is 3.24. The molecule has 0 amide bonds. The molecule has 0 radical (unpaired) electrons. The molecule has 6 rings (SSSR count). The molecule has 0 saturated heterocycles. The van der Waals surface area contributed by atoms with Gasteiger partial charge in [0.2, 0.25) is 0 Å². The largest absolute Gasteiger partial charge is 0.276 e. The molecule has 0 saturated carbocycles. The van der Waals surface area contributed by atoms with Crippen molar-refractivity contribution in [3.8, 4) is 27.9 Å². The molecule has 0 spiro atoms. The maximum absolute atomic E-state index is 14.1. The molecule has 33 heavy (non-hydrogen) atoms. The van der Waals surface area contributed by atoms with Gasteiger partial charge in [-0.3, -0.25) is 9.36 Å². The highest BCUT2D eigenvalue weighted by Crippen LogP contribution is 2.32. The van der Waals surface area contributed by atoms with E-state index < -0.39 is 0 Å². The van der Waals surface area contributed by atoms with E-state index in [0.29, 0.717) is 0 Å². The molecule has 0 aliphatic rings. The van der Waals surface area contributed by atoms with Crippen molar-refractivity contribution < 1.29 is 0 Å². The number of para-hydroxylation sites is 1. The van der Waals surface area contributed by atoms with Crippen LogP contribution in [0.15, 0.2) is 132 Å². The molecule has 2 nitrogen and oxygen atoms in total. The summed E-state index contributed by atoms with van der Waals surface area (Å²) in [4.78, 5) is 14.1. The lowest BCUT2D eigenvalue weighted by Gasteiger charge is -2.16. The molecule has 0 unspecified atom stereocenters. The molecule has 0 N–H and O–H groups in total. The lowest BCUT2D eigenvalue weighted by molar-refractivity contribution is 1.06. The van der Waals surface area contributed by atoms with Gasteiger partial charge in [0.05, 0.1) is 10.9 Å². The average molecular weight is 424 g/mol. The van der Waals surface area contributed by atoms with Gasteiger partial charge in [-0.1, -0.05) is 109 Å². The molecule has 1 heterocycles. The van der Waals surface area contributed by atoms with E-state index in [2.05, 4.69) is 42.5 Å². The summed E-state index contributed by atoms with van der Waals surface area (Å²) >= 11 is 0. The van der Waals surface area contributed by atoms with Crippen LogP contribution in [-0.2, 0) is 0 Å². The fourth-order valence-electron chi connectivity index (χ4n) is 4.67. The Hall–Kier alpha value is -4.43. The maximum atomic E-state index is 14.1. The van der Waals surface area contributed by atoms with Crippen molar-refractivity contribution in [2.75, 3.05) is 0 Å². The summed E-state index contributed by atoms with van der Waals surface area (Å²) in [5, 5.41) is 2.79.